The molecule has 1 aliphatic rings. The maximum Gasteiger partial charge on any atom is 0.310 e. The van der Waals surface area contributed by atoms with Crippen LogP contribution in [0.25, 0.3) is 0 Å². The number of rotatable bonds is 2. The Morgan fingerprint density at radius 3 is 2.77 bits per heavy atom. The minimum atomic E-state index is -0.709. The average molecular weight is 180 g/mol. The highest BCUT2D eigenvalue weighted by molar-refractivity contribution is 5.73. The Kier molecular flexibility index (Phi) is 2.91. The molecule has 1 rings (SSSR count). The van der Waals surface area contributed by atoms with E-state index in [2.05, 4.69) is 6.58 Å². The lowest BCUT2D eigenvalue weighted by molar-refractivity contribution is -0.141. The highest BCUT2D eigenvalue weighted by Crippen LogP contribution is 2.32. The Bertz CT molecular complexity index is 263. The molecule has 0 aromatic heterocycles. The van der Waals surface area contributed by atoms with Gasteiger partial charge in [-0.25, -0.2) is 0 Å². The summed E-state index contributed by atoms with van der Waals surface area (Å²) in [4.78, 5) is 10.9. The Balaban J connectivity index is 2.77. The molecule has 13 heavy (non-hydrogen) atoms. The lowest BCUT2D eigenvalue weighted by atomic mass is 9.79. The minimum absolute atomic E-state index is 0.296. The van der Waals surface area contributed by atoms with Crippen LogP contribution < -0.4 is 0 Å². The summed E-state index contributed by atoms with van der Waals surface area (Å²) in [5, 5.41) is 8.94. The summed E-state index contributed by atoms with van der Waals surface area (Å²) in [5.74, 6) is -0.653. The van der Waals surface area contributed by atoms with Gasteiger partial charge in [0.2, 0.25) is 0 Å². The first kappa shape index (κ1) is 10.0. The molecule has 2 nitrogen and oxygen atoms in total. The topological polar surface area (TPSA) is 37.3 Å². The quantitative estimate of drug-likeness (QED) is 0.663. The van der Waals surface area contributed by atoms with Gasteiger partial charge in [0.25, 0.3) is 0 Å². The molecule has 72 valence electrons. The summed E-state index contributed by atoms with van der Waals surface area (Å²) in [6.45, 7) is 7.74. The van der Waals surface area contributed by atoms with E-state index in [-0.39, 0.29) is 5.92 Å². The third kappa shape index (κ3) is 2.20. The van der Waals surface area contributed by atoms with Gasteiger partial charge in [-0.05, 0) is 32.6 Å². The van der Waals surface area contributed by atoms with Crippen LogP contribution in [0.5, 0.6) is 0 Å². The van der Waals surface area contributed by atoms with Crippen molar-refractivity contribution in [3.63, 3.8) is 0 Å². The predicted molar refractivity (Wildman–Crippen MR) is 52.4 cm³/mol. The number of carbonyl (C=O) groups is 1. The molecule has 0 saturated carbocycles. The summed E-state index contributed by atoms with van der Waals surface area (Å²) in [5.41, 5.74) is 2.08. The molecule has 1 N–H and O–H groups in total. The normalized spacial score (nSPS) is 28.0. The largest absolute Gasteiger partial charge is 0.481 e. The molecule has 1 aliphatic carbocycles. The number of hydrogen-bond acceptors (Lipinski definition) is 1. The first-order valence-corrected chi connectivity index (χ1v) is 4.57. The molecule has 0 saturated heterocycles. The molecule has 0 bridgehead atoms. The summed E-state index contributed by atoms with van der Waals surface area (Å²) in [6, 6.07) is 0. The molecule has 0 amide bonds. The molecule has 2 heteroatoms. The van der Waals surface area contributed by atoms with Crippen molar-refractivity contribution in [3.8, 4) is 0 Å². The smallest absolute Gasteiger partial charge is 0.310 e. The van der Waals surface area contributed by atoms with Crippen LogP contribution in [0.3, 0.4) is 0 Å². The minimum Gasteiger partial charge on any atom is -0.481 e. The Labute approximate surface area is 79.0 Å². The lowest BCUT2D eigenvalue weighted by Crippen LogP contribution is -2.22. The van der Waals surface area contributed by atoms with Crippen LogP contribution in [0.2, 0.25) is 0 Å². The predicted octanol–water partition coefficient (Wildman–Crippen LogP) is 2.62. The van der Waals surface area contributed by atoms with E-state index in [1.165, 1.54) is 0 Å². The fourth-order valence-corrected chi connectivity index (χ4v) is 1.73. The van der Waals surface area contributed by atoms with E-state index in [0.717, 1.165) is 17.6 Å². The van der Waals surface area contributed by atoms with Crippen LogP contribution in [0.15, 0.2) is 23.8 Å². The van der Waals surface area contributed by atoms with Gasteiger partial charge in [-0.2, -0.15) is 0 Å². The van der Waals surface area contributed by atoms with Crippen LogP contribution >= 0.6 is 0 Å². The summed E-state index contributed by atoms with van der Waals surface area (Å²) in [6.07, 6.45) is 3.69. The van der Waals surface area contributed by atoms with Crippen LogP contribution in [0, 0.1) is 11.8 Å². The molecule has 0 spiro atoms. The first-order valence-electron chi connectivity index (χ1n) is 4.57. The molecule has 0 radical (unpaired) electrons. The molecule has 0 fully saturated rings. The van der Waals surface area contributed by atoms with Crippen molar-refractivity contribution in [2.24, 2.45) is 11.8 Å². The third-order valence-electron chi connectivity index (χ3n) is 2.79. The summed E-state index contributed by atoms with van der Waals surface area (Å²) >= 11 is 0. The van der Waals surface area contributed by atoms with Crippen molar-refractivity contribution < 1.29 is 9.90 Å². The SMILES string of the molecule is C=C(C)C1CC=C(C)C(C(=O)O)C1. The highest BCUT2D eigenvalue weighted by atomic mass is 16.4. The van der Waals surface area contributed by atoms with Crippen molar-refractivity contribution in [1.82, 2.24) is 0 Å². The lowest BCUT2D eigenvalue weighted by Gasteiger charge is -2.25. The molecule has 0 aromatic carbocycles. The number of hydrogen-bond donors (Lipinski definition) is 1. The fraction of sp³-hybridized carbons (Fsp3) is 0.545. The molecule has 2 atom stereocenters. The van der Waals surface area contributed by atoms with Crippen molar-refractivity contribution in [3.05, 3.63) is 23.8 Å². The van der Waals surface area contributed by atoms with Gasteiger partial charge in [-0.15, -0.1) is 0 Å². The van der Waals surface area contributed by atoms with Crippen molar-refractivity contribution in [2.75, 3.05) is 0 Å². The number of carboxylic acids is 1. The second-order valence-electron chi connectivity index (χ2n) is 3.85. The van der Waals surface area contributed by atoms with Gasteiger partial charge in [-0.3, -0.25) is 4.79 Å². The van der Waals surface area contributed by atoms with Crippen LogP contribution in [-0.2, 0) is 4.79 Å². The second kappa shape index (κ2) is 3.77. The zero-order chi connectivity index (χ0) is 10.0. The van der Waals surface area contributed by atoms with Gasteiger partial charge < -0.3 is 5.11 Å². The van der Waals surface area contributed by atoms with Crippen molar-refractivity contribution in [1.29, 1.82) is 0 Å². The standard InChI is InChI=1S/C11H16O2/c1-7(2)9-5-4-8(3)10(6-9)11(12)13/h4,9-10H,1,5-6H2,2-3H3,(H,12,13). The van der Waals surface area contributed by atoms with E-state index in [9.17, 15) is 4.79 Å². The van der Waals surface area contributed by atoms with Crippen LogP contribution in [0.4, 0.5) is 0 Å². The van der Waals surface area contributed by atoms with Gasteiger partial charge in [0.05, 0.1) is 5.92 Å². The van der Waals surface area contributed by atoms with E-state index in [4.69, 9.17) is 5.11 Å². The van der Waals surface area contributed by atoms with Crippen molar-refractivity contribution >= 4 is 5.97 Å². The molecule has 0 heterocycles. The fourth-order valence-electron chi connectivity index (χ4n) is 1.73. The zero-order valence-electron chi connectivity index (χ0n) is 8.21. The molecular formula is C11H16O2. The Morgan fingerprint density at radius 2 is 2.31 bits per heavy atom. The number of allylic oxidation sites excluding steroid dienone is 2. The second-order valence-corrected chi connectivity index (χ2v) is 3.85. The first-order chi connectivity index (χ1) is 6.02. The van der Waals surface area contributed by atoms with E-state index in [1.54, 1.807) is 0 Å². The van der Waals surface area contributed by atoms with Crippen LogP contribution in [-0.4, -0.2) is 11.1 Å². The molecular weight excluding hydrogens is 164 g/mol. The van der Waals surface area contributed by atoms with E-state index in [1.807, 2.05) is 19.9 Å². The maximum absolute atomic E-state index is 10.9. The van der Waals surface area contributed by atoms with E-state index < -0.39 is 5.97 Å². The van der Waals surface area contributed by atoms with E-state index >= 15 is 0 Å². The zero-order valence-corrected chi connectivity index (χ0v) is 8.21. The molecule has 2 unspecified atom stereocenters. The third-order valence-corrected chi connectivity index (χ3v) is 2.79. The van der Waals surface area contributed by atoms with E-state index in [0.29, 0.717) is 12.3 Å². The maximum atomic E-state index is 10.9. The van der Waals surface area contributed by atoms with Gasteiger partial charge >= 0.3 is 5.97 Å². The van der Waals surface area contributed by atoms with Gasteiger partial charge in [0.1, 0.15) is 0 Å². The summed E-state index contributed by atoms with van der Waals surface area (Å²) in [7, 11) is 0. The van der Waals surface area contributed by atoms with Crippen molar-refractivity contribution in [2.45, 2.75) is 26.7 Å². The average Bonchev–Trinajstić information content (AvgIpc) is 2.04. The van der Waals surface area contributed by atoms with Gasteiger partial charge in [0.15, 0.2) is 0 Å². The highest BCUT2D eigenvalue weighted by Gasteiger charge is 2.27. The molecule has 0 aromatic rings. The molecule has 0 aliphatic heterocycles. The van der Waals surface area contributed by atoms with Crippen LogP contribution in [0.1, 0.15) is 26.7 Å². The number of carboxylic acid groups (broad SMARTS) is 1. The summed E-state index contributed by atoms with van der Waals surface area (Å²) < 4.78 is 0. The number of aliphatic carboxylic acids is 1. The Morgan fingerprint density at radius 1 is 1.69 bits per heavy atom. The van der Waals surface area contributed by atoms with Gasteiger partial charge in [0, 0.05) is 0 Å². The van der Waals surface area contributed by atoms with Gasteiger partial charge in [-0.1, -0.05) is 23.8 Å². The Hall–Kier alpha value is -1.05. The monoisotopic (exact) mass is 180 g/mol.